The second-order valence-corrected chi connectivity index (χ2v) is 3.79. The number of carbonyl (C=O) groups is 1. The van der Waals surface area contributed by atoms with Crippen LogP contribution < -0.4 is 9.47 Å². The van der Waals surface area contributed by atoms with Gasteiger partial charge in [0.1, 0.15) is 17.5 Å². The summed E-state index contributed by atoms with van der Waals surface area (Å²) in [5, 5.41) is 8.81. The lowest BCUT2D eigenvalue weighted by atomic mass is 10.1. The van der Waals surface area contributed by atoms with Gasteiger partial charge in [0.05, 0.1) is 25.9 Å². The molecule has 1 atom stereocenters. The Balaban J connectivity index is 3.10. The minimum Gasteiger partial charge on any atom is -0.497 e. The summed E-state index contributed by atoms with van der Waals surface area (Å²) in [5.41, 5.74) is 0.405. The quantitative estimate of drug-likeness (QED) is 0.813. The number of hydrogen-bond acceptors (Lipinski definition) is 4. The van der Waals surface area contributed by atoms with Crippen LogP contribution in [0.4, 0.5) is 0 Å². The molecule has 1 aromatic carbocycles. The highest BCUT2D eigenvalue weighted by Crippen LogP contribution is 2.25. The molecule has 5 nitrogen and oxygen atoms in total. The van der Waals surface area contributed by atoms with Crippen LogP contribution in [0.15, 0.2) is 18.2 Å². The van der Waals surface area contributed by atoms with E-state index in [1.54, 1.807) is 39.3 Å². The summed E-state index contributed by atoms with van der Waals surface area (Å²) in [6.45, 7) is 1.66. The van der Waals surface area contributed by atoms with Crippen LogP contribution in [-0.4, -0.2) is 38.1 Å². The Hall–Kier alpha value is -2.22. The Morgan fingerprint density at radius 2 is 2.06 bits per heavy atom. The summed E-state index contributed by atoms with van der Waals surface area (Å²) in [6, 6.07) is 6.46. The van der Waals surface area contributed by atoms with E-state index in [0.717, 1.165) is 0 Å². The van der Waals surface area contributed by atoms with Crippen LogP contribution in [0.5, 0.6) is 11.5 Å². The van der Waals surface area contributed by atoms with Crippen molar-refractivity contribution in [2.45, 2.75) is 13.0 Å². The second kappa shape index (κ2) is 5.92. The maximum atomic E-state index is 12.2. The van der Waals surface area contributed by atoms with Crippen LogP contribution in [0.25, 0.3) is 0 Å². The normalized spacial score (nSPS) is 11.3. The van der Waals surface area contributed by atoms with E-state index in [-0.39, 0.29) is 5.91 Å². The maximum Gasteiger partial charge on any atom is 0.258 e. The first-order chi connectivity index (χ1) is 8.54. The number of methoxy groups -OCH3 is 2. The van der Waals surface area contributed by atoms with Crippen molar-refractivity contribution in [2.75, 3.05) is 21.3 Å². The number of amides is 1. The van der Waals surface area contributed by atoms with Crippen molar-refractivity contribution in [2.24, 2.45) is 0 Å². The summed E-state index contributed by atoms with van der Waals surface area (Å²) in [5.74, 6) is 0.777. The van der Waals surface area contributed by atoms with Crippen molar-refractivity contribution in [3.05, 3.63) is 23.8 Å². The molecule has 0 aliphatic heterocycles. The van der Waals surface area contributed by atoms with E-state index in [2.05, 4.69) is 0 Å². The number of hydrogen-bond donors (Lipinski definition) is 0. The van der Waals surface area contributed by atoms with Gasteiger partial charge >= 0.3 is 0 Å². The Labute approximate surface area is 107 Å². The molecule has 0 heterocycles. The van der Waals surface area contributed by atoms with Gasteiger partial charge in [0.25, 0.3) is 5.91 Å². The van der Waals surface area contributed by atoms with Crippen LogP contribution in [0.1, 0.15) is 17.3 Å². The summed E-state index contributed by atoms with van der Waals surface area (Å²) in [6.07, 6.45) is 0. The molecule has 0 saturated heterocycles. The third kappa shape index (κ3) is 2.72. The van der Waals surface area contributed by atoms with Gasteiger partial charge in [-0.3, -0.25) is 4.79 Å². The molecule has 0 bridgehead atoms. The fourth-order valence-electron chi connectivity index (χ4n) is 1.43. The SMILES string of the molecule is COc1ccc(C(=O)N(C)C(C)C#N)c(OC)c1. The summed E-state index contributed by atoms with van der Waals surface area (Å²) >= 11 is 0. The number of rotatable bonds is 4. The molecule has 0 N–H and O–H groups in total. The zero-order chi connectivity index (χ0) is 13.7. The van der Waals surface area contributed by atoms with Crippen molar-refractivity contribution < 1.29 is 14.3 Å². The average Bonchev–Trinajstić information content (AvgIpc) is 2.43. The van der Waals surface area contributed by atoms with Crippen molar-refractivity contribution in [3.63, 3.8) is 0 Å². The highest BCUT2D eigenvalue weighted by Gasteiger charge is 2.20. The first-order valence-electron chi connectivity index (χ1n) is 5.44. The van der Waals surface area contributed by atoms with E-state index in [4.69, 9.17) is 14.7 Å². The topological polar surface area (TPSA) is 62.6 Å². The van der Waals surface area contributed by atoms with Gasteiger partial charge in [-0.25, -0.2) is 0 Å². The smallest absolute Gasteiger partial charge is 0.258 e. The van der Waals surface area contributed by atoms with Crippen LogP contribution in [-0.2, 0) is 0 Å². The molecule has 1 unspecified atom stereocenters. The summed E-state index contributed by atoms with van der Waals surface area (Å²) in [7, 11) is 4.61. The Morgan fingerprint density at radius 3 is 2.56 bits per heavy atom. The van der Waals surface area contributed by atoms with Crippen LogP contribution in [0, 0.1) is 11.3 Å². The predicted octanol–water partition coefficient (Wildman–Crippen LogP) is 1.69. The van der Waals surface area contributed by atoms with Crippen LogP contribution >= 0.6 is 0 Å². The highest BCUT2D eigenvalue weighted by atomic mass is 16.5. The zero-order valence-corrected chi connectivity index (χ0v) is 10.9. The molecule has 18 heavy (non-hydrogen) atoms. The Morgan fingerprint density at radius 1 is 1.39 bits per heavy atom. The molecule has 0 saturated carbocycles. The third-order valence-corrected chi connectivity index (χ3v) is 2.73. The van der Waals surface area contributed by atoms with Gasteiger partial charge in [0, 0.05) is 13.1 Å². The van der Waals surface area contributed by atoms with Crippen molar-refractivity contribution in [1.29, 1.82) is 5.26 Å². The summed E-state index contributed by atoms with van der Waals surface area (Å²) in [4.78, 5) is 13.5. The van der Waals surface area contributed by atoms with Crippen LogP contribution in [0.3, 0.4) is 0 Å². The lowest BCUT2D eigenvalue weighted by Gasteiger charge is -2.20. The van der Waals surface area contributed by atoms with Crippen molar-refractivity contribution in [3.8, 4) is 17.6 Å². The first kappa shape index (κ1) is 13.8. The average molecular weight is 248 g/mol. The minimum absolute atomic E-state index is 0.261. The minimum atomic E-state index is -0.496. The molecule has 0 radical (unpaired) electrons. The van der Waals surface area contributed by atoms with E-state index in [1.165, 1.54) is 12.0 Å². The first-order valence-corrected chi connectivity index (χ1v) is 5.44. The molecule has 96 valence electrons. The molecule has 1 rings (SSSR count). The Kier molecular flexibility index (Phi) is 4.55. The molecular weight excluding hydrogens is 232 g/mol. The molecule has 1 amide bonds. The van der Waals surface area contributed by atoms with Gasteiger partial charge in [-0.05, 0) is 19.1 Å². The van der Waals surface area contributed by atoms with E-state index in [9.17, 15) is 4.79 Å². The fraction of sp³-hybridized carbons (Fsp3) is 0.385. The molecule has 5 heteroatoms. The van der Waals surface area contributed by atoms with Gasteiger partial charge in [-0.15, -0.1) is 0 Å². The van der Waals surface area contributed by atoms with E-state index < -0.39 is 6.04 Å². The monoisotopic (exact) mass is 248 g/mol. The lowest BCUT2D eigenvalue weighted by molar-refractivity contribution is 0.0769. The number of ether oxygens (including phenoxy) is 2. The molecule has 0 spiro atoms. The molecule has 1 aromatic rings. The third-order valence-electron chi connectivity index (χ3n) is 2.73. The maximum absolute atomic E-state index is 12.2. The number of nitriles is 1. The lowest BCUT2D eigenvalue weighted by Crippen LogP contribution is -2.34. The standard InChI is InChI=1S/C13H16N2O3/c1-9(8-14)15(2)13(16)11-6-5-10(17-3)7-12(11)18-4/h5-7,9H,1-4H3. The number of benzene rings is 1. The zero-order valence-electron chi connectivity index (χ0n) is 10.9. The predicted molar refractivity (Wildman–Crippen MR) is 66.7 cm³/mol. The van der Waals surface area contributed by atoms with Gasteiger partial charge < -0.3 is 14.4 Å². The van der Waals surface area contributed by atoms with Gasteiger partial charge in [0.2, 0.25) is 0 Å². The van der Waals surface area contributed by atoms with Gasteiger partial charge in [-0.1, -0.05) is 0 Å². The van der Waals surface area contributed by atoms with Gasteiger partial charge in [0.15, 0.2) is 0 Å². The summed E-state index contributed by atoms with van der Waals surface area (Å²) < 4.78 is 10.2. The van der Waals surface area contributed by atoms with Gasteiger partial charge in [-0.2, -0.15) is 5.26 Å². The van der Waals surface area contributed by atoms with Crippen LogP contribution in [0.2, 0.25) is 0 Å². The number of nitrogens with zero attached hydrogens (tertiary/aromatic N) is 2. The van der Waals surface area contributed by atoms with E-state index >= 15 is 0 Å². The second-order valence-electron chi connectivity index (χ2n) is 3.79. The molecule has 0 aliphatic rings. The van der Waals surface area contributed by atoms with Crippen molar-refractivity contribution in [1.82, 2.24) is 4.90 Å². The molecule has 0 aromatic heterocycles. The fourth-order valence-corrected chi connectivity index (χ4v) is 1.43. The largest absolute Gasteiger partial charge is 0.497 e. The molecule has 0 aliphatic carbocycles. The van der Waals surface area contributed by atoms with Crippen molar-refractivity contribution >= 4 is 5.91 Å². The highest BCUT2D eigenvalue weighted by molar-refractivity contribution is 5.97. The van der Waals surface area contributed by atoms with E-state index in [0.29, 0.717) is 17.1 Å². The Bertz CT molecular complexity index is 480. The molecular formula is C13H16N2O3. The molecule has 0 fully saturated rings. The van der Waals surface area contributed by atoms with E-state index in [1.807, 2.05) is 6.07 Å². The number of carbonyl (C=O) groups excluding carboxylic acids is 1.